The van der Waals surface area contributed by atoms with E-state index in [-0.39, 0.29) is 24.6 Å². The van der Waals surface area contributed by atoms with Gasteiger partial charge >= 0.3 is 6.18 Å². The van der Waals surface area contributed by atoms with Crippen LogP contribution >= 0.6 is 0 Å². The van der Waals surface area contributed by atoms with E-state index in [0.717, 1.165) is 17.0 Å². The van der Waals surface area contributed by atoms with Crippen LogP contribution in [0.15, 0.2) is 42.6 Å². The van der Waals surface area contributed by atoms with Gasteiger partial charge in [0.05, 0.1) is 30.9 Å². The van der Waals surface area contributed by atoms with Crippen molar-refractivity contribution in [3.63, 3.8) is 0 Å². The first-order valence-electron chi connectivity index (χ1n) is 13.7. The van der Waals surface area contributed by atoms with Crippen LogP contribution in [-0.4, -0.2) is 85.1 Å². The van der Waals surface area contributed by atoms with Gasteiger partial charge in [-0.15, -0.1) is 0 Å². The van der Waals surface area contributed by atoms with Gasteiger partial charge in [0.15, 0.2) is 5.78 Å². The number of benzene rings is 2. The lowest BCUT2D eigenvalue weighted by atomic mass is 9.83. The number of alkyl halides is 3. The van der Waals surface area contributed by atoms with E-state index in [1.54, 1.807) is 31.3 Å². The van der Waals surface area contributed by atoms with Crippen molar-refractivity contribution >= 4 is 16.7 Å². The first-order chi connectivity index (χ1) is 20.1. The molecule has 3 aromatic rings. The molecule has 2 aliphatic heterocycles. The molecule has 42 heavy (non-hydrogen) atoms. The first-order valence-corrected chi connectivity index (χ1v) is 13.7. The molecule has 13 heteroatoms. The molecule has 5 rings (SSSR count). The Hall–Kier alpha value is -3.39. The minimum Gasteiger partial charge on any atom is -0.492 e. The Morgan fingerprint density at radius 2 is 2.05 bits per heavy atom. The molecule has 1 aromatic heterocycles. The molecule has 0 bridgehead atoms. The Balaban J connectivity index is 1.27. The van der Waals surface area contributed by atoms with Gasteiger partial charge in [-0.25, -0.2) is 8.78 Å². The predicted octanol–water partition coefficient (Wildman–Crippen LogP) is 3.82. The van der Waals surface area contributed by atoms with Gasteiger partial charge in [-0.2, -0.15) is 18.3 Å². The molecule has 8 nitrogen and oxygen atoms in total. The molecule has 2 aliphatic rings. The zero-order valence-electron chi connectivity index (χ0n) is 22.9. The van der Waals surface area contributed by atoms with Crippen LogP contribution in [0.1, 0.15) is 29.7 Å². The number of nitrogens with zero attached hydrogens (tertiary/aromatic N) is 2. The van der Waals surface area contributed by atoms with E-state index in [1.807, 2.05) is 0 Å². The highest BCUT2D eigenvalue weighted by molar-refractivity contribution is 5.93. The highest BCUT2D eigenvalue weighted by Crippen LogP contribution is 2.43. The number of hydrogen-bond donors (Lipinski definition) is 3. The lowest BCUT2D eigenvalue weighted by Crippen LogP contribution is -2.47. The molecule has 0 amide bonds. The van der Waals surface area contributed by atoms with E-state index in [2.05, 4.69) is 20.8 Å². The molecular formula is C29H32F5N5O3. The Labute approximate surface area is 239 Å². The number of aromatic amines is 1. The van der Waals surface area contributed by atoms with E-state index in [1.165, 1.54) is 6.08 Å². The number of ketones is 1. The van der Waals surface area contributed by atoms with Gasteiger partial charge < -0.3 is 20.1 Å². The predicted molar refractivity (Wildman–Crippen MR) is 145 cm³/mol. The molecule has 1 saturated heterocycles. The number of rotatable bonds is 10. The van der Waals surface area contributed by atoms with E-state index in [9.17, 15) is 18.0 Å². The zero-order chi connectivity index (χ0) is 29.9. The van der Waals surface area contributed by atoms with Crippen molar-refractivity contribution in [1.82, 2.24) is 25.7 Å². The van der Waals surface area contributed by atoms with Crippen molar-refractivity contribution in [2.45, 2.75) is 37.7 Å². The highest BCUT2D eigenvalue weighted by atomic mass is 19.4. The second kappa shape index (κ2) is 12.9. The largest absolute Gasteiger partial charge is 0.492 e. The number of H-pyrrole nitrogens is 1. The Bertz CT molecular complexity index is 1410. The third kappa shape index (κ3) is 6.80. The van der Waals surface area contributed by atoms with Crippen LogP contribution < -0.4 is 15.4 Å². The summed E-state index contributed by atoms with van der Waals surface area (Å²) in [5.74, 6) is -2.21. The zero-order valence-corrected chi connectivity index (χ0v) is 22.9. The van der Waals surface area contributed by atoms with Crippen LogP contribution in [0.4, 0.5) is 22.0 Å². The molecule has 2 aromatic carbocycles. The number of halogens is 5. The summed E-state index contributed by atoms with van der Waals surface area (Å²) < 4.78 is 82.9. The summed E-state index contributed by atoms with van der Waals surface area (Å²) in [7, 11) is 0. The average molecular weight is 594 g/mol. The van der Waals surface area contributed by atoms with E-state index < -0.39 is 48.1 Å². The number of aromatic nitrogens is 2. The monoisotopic (exact) mass is 593 g/mol. The fourth-order valence-electron chi connectivity index (χ4n) is 5.56. The summed E-state index contributed by atoms with van der Waals surface area (Å²) in [6.45, 7) is 2.71. The lowest BCUT2D eigenvalue weighted by molar-refractivity contribution is -0.155. The van der Waals surface area contributed by atoms with Crippen molar-refractivity contribution in [2.24, 2.45) is 0 Å². The molecule has 226 valence electrons. The van der Waals surface area contributed by atoms with E-state index >= 15 is 8.78 Å². The van der Waals surface area contributed by atoms with Crippen LogP contribution in [-0.2, 0) is 16.0 Å². The smallest absolute Gasteiger partial charge is 0.401 e. The fraction of sp³-hybridized carbons (Fsp3) is 0.448. The number of carbonyl (C=O) groups excluding carboxylic acids is 1. The average Bonchev–Trinajstić information content (AvgIpc) is 3.43. The Morgan fingerprint density at radius 3 is 2.76 bits per heavy atom. The van der Waals surface area contributed by atoms with Crippen LogP contribution in [0, 0.1) is 11.6 Å². The lowest BCUT2D eigenvalue weighted by Gasteiger charge is -2.42. The van der Waals surface area contributed by atoms with Crippen LogP contribution in [0.25, 0.3) is 10.9 Å². The normalized spacial score (nSPS) is 21.6. The maximum atomic E-state index is 15.6. The minimum atomic E-state index is -4.57. The quantitative estimate of drug-likeness (QED) is 0.187. The van der Waals surface area contributed by atoms with Gasteiger partial charge in [0, 0.05) is 55.3 Å². The SMILES string of the molecule is C[C@@H]1Cc2c(ccc3[nH]ncc23)[C@@H](c2c(F)cc(OCCNC/C=C/C(=O)C3CNCCO3)cc2F)N1CC(F)(F)F. The van der Waals surface area contributed by atoms with E-state index in [4.69, 9.17) is 9.47 Å². The van der Waals surface area contributed by atoms with Gasteiger partial charge in [-0.1, -0.05) is 12.1 Å². The summed E-state index contributed by atoms with van der Waals surface area (Å²) >= 11 is 0. The molecule has 0 aliphatic carbocycles. The third-order valence-electron chi connectivity index (χ3n) is 7.49. The van der Waals surface area contributed by atoms with Crippen molar-refractivity contribution < 1.29 is 36.2 Å². The minimum absolute atomic E-state index is 0.0671. The molecule has 1 unspecified atom stereocenters. The highest BCUT2D eigenvalue weighted by Gasteiger charge is 2.43. The number of nitrogens with one attached hydrogen (secondary N) is 3. The van der Waals surface area contributed by atoms with Gasteiger partial charge in [0.1, 0.15) is 30.1 Å². The number of morpholine rings is 1. The van der Waals surface area contributed by atoms with Crippen molar-refractivity contribution in [3.8, 4) is 5.75 Å². The van der Waals surface area contributed by atoms with Crippen LogP contribution in [0.3, 0.4) is 0 Å². The van der Waals surface area contributed by atoms with Crippen molar-refractivity contribution in [3.05, 3.63) is 70.9 Å². The number of ether oxygens (including phenoxy) is 2. The topological polar surface area (TPSA) is 91.5 Å². The summed E-state index contributed by atoms with van der Waals surface area (Å²) in [6, 6.07) is 3.30. The van der Waals surface area contributed by atoms with Crippen LogP contribution in [0.5, 0.6) is 5.75 Å². The molecule has 3 N–H and O–H groups in total. The summed E-state index contributed by atoms with van der Waals surface area (Å²) in [5.41, 5.74) is 1.34. The van der Waals surface area contributed by atoms with Crippen LogP contribution in [0.2, 0.25) is 0 Å². The molecule has 3 atom stereocenters. The number of fused-ring (bicyclic) bond motifs is 3. The van der Waals surface area contributed by atoms with Crippen molar-refractivity contribution in [1.29, 1.82) is 0 Å². The van der Waals surface area contributed by atoms with E-state index in [0.29, 0.717) is 54.8 Å². The van der Waals surface area contributed by atoms with Gasteiger partial charge in [-0.05, 0) is 36.6 Å². The Morgan fingerprint density at radius 1 is 1.26 bits per heavy atom. The summed E-state index contributed by atoms with van der Waals surface area (Å²) in [6.07, 6.45) is -0.129. The Kier molecular flexibility index (Phi) is 9.21. The number of carbonyl (C=O) groups is 1. The maximum absolute atomic E-state index is 15.6. The molecule has 0 radical (unpaired) electrons. The maximum Gasteiger partial charge on any atom is 0.401 e. The molecule has 0 saturated carbocycles. The standard InChI is InChI=1S/C29H32F5N5O3/c1-17-11-20-19(4-5-24-21(20)14-37-38-24)28(39(17)16-29(32,33)34)27-22(30)12-18(13-23(27)31)41-9-7-35-6-2-3-25(40)26-15-36-8-10-42-26/h2-5,12-14,17,26,28,35-36H,6-11,15-16H2,1H3,(H,37,38)/b3-2+/t17-,26?,28+/m1/s1. The molecule has 0 spiro atoms. The first kappa shape index (κ1) is 30.1. The number of hydrogen-bond acceptors (Lipinski definition) is 7. The molecular weight excluding hydrogens is 561 g/mol. The van der Waals surface area contributed by atoms with Crippen molar-refractivity contribution in [2.75, 3.05) is 45.9 Å². The molecule has 1 fully saturated rings. The summed E-state index contributed by atoms with van der Waals surface area (Å²) in [4.78, 5) is 13.2. The van der Waals surface area contributed by atoms with Gasteiger partial charge in [-0.3, -0.25) is 14.8 Å². The second-order valence-electron chi connectivity index (χ2n) is 10.4. The fourth-order valence-corrected chi connectivity index (χ4v) is 5.56. The third-order valence-corrected chi connectivity index (χ3v) is 7.49. The molecule has 3 heterocycles. The van der Waals surface area contributed by atoms with Gasteiger partial charge in [0.2, 0.25) is 0 Å². The summed E-state index contributed by atoms with van der Waals surface area (Å²) in [5, 5.41) is 13.7. The second-order valence-corrected chi connectivity index (χ2v) is 10.4. The van der Waals surface area contributed by atoms with Gasteiger partial charge in [0.25, 0.3) is 0 Å².